The van der Waals surface area contributed by atoms with Gasteiger partial charge in [-0.2, -0.15) is 18.3 Å². The van der Waals surface area contributed by atoms with Crippen molar-refractivity contribution in [2.75, 3.05) is 30.8 Å². The van der Waals surface area contributed by atoms with Crippen molar-refractivity contribution < 1.29 is 27.2 Å². The summed E-state index contributed by atoms with van der Waals surface area (Å²) in [5, 5.41) is 9.18. The van der Waals surface area contributed by atoms with Gasteiger partial charge in [-0.15, -0.1) is 0 Å². The maximum absolute atomic E-state index is 13.2. The Labute approximate surface area is 187 Å². The first-order valence-electron chi connectivity index (χ1n) is 9.80. The van der Waals surface area contributed by atoms with Gasteiger partial charge in [0.2, 0.25) is 11.8 Å². The van der Waals surface area contributed by atoms with Crippen LogP contribution in [0, 0.1) is 12.7 Å². The molecule has 0 saturated heterocycles. The van der Waals surface area contributed by atoms with Crippen LogP contribution >= 0.6 is 0 Å². The maximum Gasteiger partial charge on any atom is 0.418 e. The zero-order chi connectivity index (χ0) is 24.2. The van der Waals surface area contributed by atoms with E-state index in [0.717, 1.165) is 12.1 Å². The van der Waals surface area contributed by atoms with Crippen molar-refractivity contribution in [3.8, 4) is 5.69 Å². The molecule has 3 rings (SSSR count). The van der Waals surface area contributed by atoms with Crippen LogP contribution in [0.2, 0.25) is 0 Å². The van der Waals surface area contributed by atoms with Gasteiger partial charge in [0.1, 0.15) is 11.6 Å². The third kappa shape index (κ3) is 6.39. The van der Waals surface area contributed by atoms with Crippen molar-refractivity contribution in [1.29, 1.82) is 0 Å². The zero-order valence-electron chi connectivity index (χ0n) is 17.8. The van der Waals surface area contributed by atoms with Gasteiger partial charge in [0, 0.05) is 6.07 Å². The molecule has 1 aromatic heterocycles. The van der Waals surface area contributed by atoms with Crippen LogP contribution in [-0.2, 0) is 15.8 Å². The number of hydrogen-bond acceptors (Lipinski definition) is 4. The number of halogens is 4. The summed E-state index contributed by atoms with van der Waals surface area (Å²) in [5.74, 6) is -1.23. The van der Waals surface area contributed by atoms with E-state index in [4.69, 9.17) is 0 Å². The summed E-state index contributed by atoms with van der Waals surface area (Å²) < 4.78 is 53.9. The number of para-hydroxylation sites is 1. The molecule has 7 nitrogen and oxygen atoms in total. The molecule has 174 valence electrons. The molecule has 1 heterocycles. The second-order valence-corrected chi connectivity index (χ2v) is 7.37. The Kier molecular flexibility index (Phi) is 7.12. The number of hydrogen-bond donors (Lipinski definition) is 2. The molecule has 0 spiro atoms. The van der Waals surface area contributed by atoms with Gasteiger partial charge in [-0.3, -0.25) is 14.5 Å². The largest absolute Gasteiger partial charge is 0.418 e. The molecule has 0 aliphatic rings. The van der Waals surface area contributed by atoms with Crippen molar-refractivity contribution in [2.24, 2.45) is 0 Å². The molecule has 0 saturated carbocycles. The predicted molar refractivity (Wildman–Crippen MR) is 114 cm³/mol. The number of amides is 2. The highest BCUT2D eigenvalue weighted by molar-refractivity contribution is 5.95. The minimum absolute atomic E-state index is 0.206. The fraction of sp³-hybridized carbons (Fsp3) is 0.227. The Morgan fingerprint density at radius 3 is 2.24 bits per heavy atom. The van der Waals surface area contributed by atoms with E-state index in [1.807, 2.05) is 0 Å². The molecule has 11 heteroatoms. The number of carbonyl (C=O) groups excluding carboxylic acids is 2. The van der Waals surface area contributed by atoms with Gasteiger partial charge < -0.3 is 10.6 Å². The van der Waals surface area contributed by atoms with E-state index >= 15 is 0 Å². The smallest absolute Gasteiger partial charge is 0.324 e. The second-order valence-electron chi connectivity index (χ2n) is 7.37. The highest BCUT2D eigenvalue weighted by Gasteiger charge is 2.33. The van der Waals surface area contributed by atoms with E-state index < -0.39 is 29.4 Å². The number of anilines is 2. The minimum atomic E-state index is -4.61. The normalized spacial score (nSPS) is 11.5. The number of nitrogens with one attached hydrogen (secondary N) is 2. The fourth-order valence-corrected chi connectivity index (χ4v) is 3.13. The Bertz CT molecular complexity index is 1140. The molecule has 0 fully saturated rings. The number of carbonyl (C=O) groups is 2. The van der Waals surface area contributed by atoms with Gasteiger partial charge in [-0.25, -0.2) is 9.07 Å². The fourth-order valence-electron chi connectivity index (χ4n) is 3.13. The van der Waals surface area contributed by atoms with Gasteiger partial charge >= 0.3 is 6.18 Å². The maximum atomic E-state index is 13.2. The lowest BCUT2D eigenvalue weighted by Gasteiger charge is -2.18. The van der Waals surface area contributed by atoms with E-state index in [9.17, 15) is 27.2 Å². The van der Waals surface area contributed by atoms with E-state index in [2.05, 4.69) is 15.7 Å². The highest BCUT2D eigenvalue weighted by Crippen LogP contribution is 2.34. The molecule has 2 N–H and O–H groups in total. The van der Waals surface area contributed by atoms with Crippen molar-refractivity contribution in [3.05, 3.63) is 71.7 Å². The van der Waals surface area contributed by atoms with Crippen LogP contribution in [0.25, 0.3) is 5.69 Å². The van der Waals surface area contributed by atoms with Gasteiger partial charge in [0.25, 0.3) is 0 Å². The van der Waals surface area contributed by atoms with Crippen LogP contribution in [0.4, 0.5) is 29.1 Å². The second kappa shape index (κ2) is 9.82. The van der Waals surface area contributed by atoms with Crippen LogP contribution < -0.4 is 10.6 Å². The molecular formula is C22H21F4N5O2. The predicted octanol–water partition coefficient (Wildman–Crippen LogP) is 3.85. The van der Waals surface area contributed by atoms with E-state index in [1.54, 1.807) is 13.0 Å². The van der Waals surface area contributed by atoms with Crippen molar-refractivity contribution in [2.45, 2.75) is 13.1 Å². The van der Waals surface area contributed by atoms with Crippen LogP contribution in [0.5, 0.6) is 0 Å². The standard InChI is InChI=1S/C22H21F4N5O2/c1-14-11-19(31(29-14)16-9-7-15(23)8-10-16)28-21(33)13-30(2)12-20(32)27-18-6-4-3-5-17(18)22(24,25)26/h3-11H,12-13H2,1-2H3,(H,27,32)(H,28,33). The molecule has 2 aromatic carbocycles. The number of benzene rings is 2. The molecule has 0 unspecified atom stereocenters. The van der Waals surface area contributed by atoms with Crippen LogP contribution in [0.3, 0.4) is 0 Å². The molecule has 0 atom stereocenters. The Morgan fingerprint density at radius 1 is 1.00 bits per heavy atom. The first kappa shape index (κ1) is 23.9. The molecule has 33 heavy (non-hydrogen) atoms. The lowest BCUT2D eigenvalue weighted by atomic mass is 10.1. The lowest BCUT2D eigenvalue weighted by Crippen LogP contribution is -2.36. The Morgan fingerprint density at radius 2 is 1.61 bits per heavy atom. The summed E-state index contributed by atoms with van der Waals surface area (Å²) in [6, 6.07) is 11.8. The quantitative estimate of drug-likeness (QED) is 0.522. The Balaban J connectivity index is 1.60. The SMILES string of the molecule is Cc1cc(NC(=O)CN(C)CC(=O)Nc2ccccc2C(F)(F)F)n(-c2ccc(F)cc2)n1. The zero-order valence-corrected chi connectivity index (χ0v) is 17.8. The number of likely N-dealkylation sites (N-methyl/N-ethyl adjacent to an activating group) is 1. The topological polar surface area (TPSA) is 79.3 Å². The first-order valence-corrected chi connectivity index (χ1v) is 9.80. The number of rotatable bonds is 7. The molecule has 0 aliphatic heterocycles. The first-order chi connectivity index (χ1) is 15.5. The van der Waals surface area contributed by atoms with E-state index in [-0.39, 0.29) is 18.8 Å². The molecule has 0 bridgehead atoms. The average molecular weight is 463 g/mol. The van der Waals surface area contributed by atoms with Crippen LogP contribution in [-0.4, -0.2) is 46.6 Å². The summed E-state index contributed by atoms with van der Waals surface area (Å²) in [6.07, 6.45) is -4.61. The van der Waals surface area contributed by atoms with Gasteiger partial charge in [-0.05, 0) is 50.4 Å². The minimum Gasteiger partial charge on any atom is -0.324 e. The third-order valence-corrected chi connectivity index (χ3v) is 4.50. The van der Waals surface area contributed by atoms with Gasteiger partial charge in [-0.1, -0.05) is 12.1 Å². The van der Waals surface area contributed by atoms with Crippen LogP contribution in [0.1, 0.15) is 11.3 Å². The number of alkyl halides is 3. The number of nitrogens with zero attached hydrogens (tertiary/aromatic N) is 3. The summed E-state index contributed by atoms with van der Waals surface area (Å²) in [7, 11) is 1.48. The average Bonchev–Trinajstić information content (AvgIpc) is 3.07. The summed E-state index contributed by atoms with van der Waals surface area (Å²) >= 11 is 0. The van der Waals surface area contributed by atoms with Crippen molar-refractivity contribution in [3.63, 3.8) is 0 Å². The molecule has 2 amide bonds. The number of aromatic nitrogens is 2. The lowest BCUT2D eigenvalue weighted by molar-refractivity contribution is -0.137. The monoisotopic (exact) mass is 463 g/mol. The molecule has 0 aliphatic carbocycles. The van der Waals surface area contributed by atoms with E-state index in [0.29, 0.717) is 17.2 Å². The summed E-state index contributed by atoms with van der Waals surface area (Å²) in [5.41, 5.74) is -0.156. The molecule has 3 aromatic rings. The van der Waals surface area contributed by atoms with E-state index in [1.165, 1.54) is 53.0 Å². The van der Waals surface area contributed by atoms with Crippen LogP contribution in [0.15, 0.2) is 54.6 Å². The van der Waals surface area contributed by atoms with Crippen molar-refractivity contribution >= 4 is 23.3 Å². The van der Waals surface area contributed by atoms with Gasteiger partial charge in [0.05, 0.1) is 35.7 Å². The molecular weight excluding hydrogens is 442 g/mol. The van der Waals surface area contributed by atoms with Crippen molar-refractivity contribution in [1.82, 2.24) is 14.7 Å². The summed E-state index contributed by atoms with van der Waals surface area (Å²) in [4.78, 5) is 26.0. The summed E-state index contributed by atoms with van der Waals surface area (Å²) in [6.45, 7) is 1.21. The number of aryl methyl sites for hydroxylation is 1. The molecule has 0 radical (unpaired) electrons. The third-order valence-electron chi connectivity index (χ3n) is 4.50. The van der Waals surface area contributed by atoms with Gasteiger partial charge in [0.15, 0.2) is 0 Å². The highest BCUT2D eigenvalue weighted by atomic mass is 19.4. The Hall–Kier alpha value is -3.73.